The topological polar surface area (TPSA) is 18.7 Å². The second kappa shape index (κ2) is 16.2. The summed E-state index contributed by atoms with van der Waals surface area (Å²) in [5.74, 6) is 1.41. The first kappa shape index (κ1) is 25.0. The number of ether oxygens (including phenoxy) is 1. The van der Waals surface area contributed by atoms with Crippen LogP contribution in [0.4, 0.5) is 0 Å². The van der Waals surface area contributed by atoms with Crippen molar-refractivity contribution in [2.24, 2.45) is 0 Å². The maximum Gasteiger partial charge on any atom is 0.350 e. The number of nitrogens with zero attached hydrogens (tertiary/aromatic N) is 3. The highest BCUT2D eigenvalue weighted by molar-refractivity contribution is 5.75. The number of morpholine rings is 1. The Labute approximate surface area is 174 Å². The highest BCUT2D eigenvalue weighted by Gasteiger charge is 2.25. The first-order valence-electron chi connectivity index (χ1n) is 10.4. The first-order chi connectivity index (χ1) is 11.7. The van der Waals surface area contributed by atoms with E-state index in [1.165, 1.54) is 57.3 Å². The Morgan fingerprint density at radius 2 is 1.36 bits per heavy atom. The Morgan fingerprint density at radius 1 is 0.840 bits per heavy atom. The zero-order valence-corrected chi connectivity index (χ0v) is 19.4. The van der Waals surface area contributed by atoms with Crippen molar-refractivity contribution in [3.63, 3.8) is 0 Å². The largest absolute Gasteiger partial charge is 1.00 e. The maximum atomic E-state index is 5.54. The highest BCUT2D eigenvalue weighted by atomic mass is 127. The summed E-state index contributed by atoms with van der Waals surface area (Å²) in [6.07, 6.45) is 11.1. The van der Waals surface area contributed by atoms with Crippen molar-refractivity contribution in [3.8, 4) is 0 Å². The van der Waals surface area contributed by atoms with Crippen molar-refractivity contribution in [1.29, 1.82) is 0 Å². The van der Waals surface area contributed by atoms with Gasteiger partial charge in [0.1, 0.15) is 0 Å². The third-order valence-electron chi connectivity index (χ3n) is 5.03. The van der Waals surface area contributed by atoms with E-state index in [4.69, 9.17) is 4.74 Å². The fraction of sp³-hybridized carbons (Fsp3) is 0.950. The third kappa shape index (κ3) is 10.0. The molecule has 1 saturated heterocycles. The van der Waals surface area contributed by atoms with Gasteiger partial charge in [0, 0.05) is 0 Å². The summed E-state index contributed by atoms with van der Waals surface area (Å²) >= 11 is 0. The van der Waals surface area contributed by atoms with Crippen molar-refractivity contribution in [2.75, 3.05) is 53.0 Å². The van der Waals surface area contributed by atoms with Crippen LogP contribution in [0.25, 0.3) is 0 Å². The summed E-state index contributed by atoms with van der Waals surface area (Å²) in [4.78, 5) is 4.98. The molecule has 1 aliphatic rings. The van der Waals surface area contributed by atoms with Gasteiger partial charge in [0.15, 0.2) is 0 Å². The molecule has 0 bridgehead atoms. The van der Waals surface area contributed by atoms with E-state index in [-0.39, 0.29) is 24.0 Å². The molecule has 1 fully saturated rings. The first-order valence-corrected chi connectivity index (χ1v) is 10.4. The average molecular weight is 467 g/mol. The molecule has 150 valence electrons. The standard InChI is InChI=1S/C20H42N3O.HI/c1-5-8-9-10-11-12-13-14-15-21(4)20(22(6-2)7-3)23-16-18-24-19-17-23;/h5-19H2,1-4H3;1H/q+1;/p-1. The summed E-state index contributed by atoms with van der Waals surface area (Å²) in [7, 11) is 2.27. The van der Waals surface area contributed by atoms with E-state index in [0.717, 1.165) is 45.9 Å². The van der Waals surface area contributed by atoms with Crippen molar-refractivity contribution in [3.05, 3.63) is 0 Å². The molecule has 0 aliphatic carbocycles. The smallest absolute Gasteiger partial charge is 0.350 e. The lowest BCUT2D eigenvalue weighted by Gasteiger charge is -2.29. The molecule has 0 saturated carbocycles. The molecule has 0 aromatic carbocycles. The maximum absolute atomic E-state index is 5.54. The Hall–Kier alpha value is -0.0400. The van der Waals surface area contributed by atoms with Crippen LogP contribution in [0.15, 0.2) is 0 Å². The lowest BCUT2D eigenvalue weighted by atomic mass is 10.1. The molecule has 1 aliphatic heterocycles. The zero-order chi connectivity index (χ0) is 17.6. The van der Waals surface area contributed by atoms with E-state index >= 15 is 0 Å². The average Bonchev–Trinajstić information content (AvgIpc) is 2.62. The minimum Gasteiger partial charge on any atom is -1.00 e. The molecular formula is C20H42IN3O. The molecule has 5 heteroatoms. The van der Waals surface area contributed by atoms with Crippen LogP contribution >= 0.6 is 0 Å². The Balaban J connectivity index is 0.00000576. The summed E-state index contributed by atoms with van der Waals surface area (Å²) in [6.45, 7) is 13.9. The quantitative estimate of drug-likeness (QED) is 0.194. The molecule has 0 aromatic rings. The van der Waals surface area contributed by atoms with Gasteiger partial charge in [-0.3, -0.25) is 14.4 Å². The van der Waals surface area contributed by atoms with Gasteiger partial charge < -0.3 is 28.7 Å². The van der Waals surface area contributed by atoms with Gasteiger partial charge in [-0.1, -0.05) is 51.9 Å². The van der Waals surface area contributed by atoms with Gasteiger partial charge in [-0.05, 0) is 20.3 Å². The minimum absolute atomic E-state index is 0. The molecule has 0 aromatic heterocycles. The third-order valence-corrected chi connectivity index (χ3v) is 5.03. The molecule has 0 radical (unpaired) electrons. The van der Waals surface area contributed by atoms with Crippen molar-refractivity contribution in [2.45, 2.75) is 72.1 Å². The molecule has 0 spiro atoms. The number of guanidine groups is 1. The molecule has 0 unspecified atom stereocenters. The van der Waals surface area contributed by atoms with Crippen molar-refractivity contribution >= 4 is 5.96 Å². The van der Waals surface area contributed by atoms with Crippen LogP contribution < -0.4 is 24.0 Å². The fourth-order valence-corrected chi connectivity index (χ4v) is 3.54. The van der Waals surface area contributed by atoms with Gasteiger partial charge in [-0.15, -0.1) is 0 Å². The summed E-state index contributed by atoms with van der Waals surface area (Å²) < 4.78 is 8.05. The summed E-state index contributed by atoms with van der Waals surface area (Å²) in [5, 5.41) is 0. The monoisotopic (exact) mass is 467 g/mol. The molecule has 0 atom stereocenters. The van der Waals surface area contributed by atoms with Gasteiger partial charge in [-0.2, -0.15) is 0 Å². The normalized spacial score (nSPS) is 14.2. The van der Waals surface area contributed by atoms with Gasteiger partial charge in [0.25, 0.3) is 0 Å². The molecule has 0 amide bonds. The van der Waals surface area contributed by atoms with Crippen LogP contribution in [0.3, 0.4) is 0 Å². The van der Waals surface area contributed by atoms with Gasteiger partial charge in [0.05, 0.1) is 53.0 Å². The molecule has 4 nitrogen and oxygen atoms in total. The lowest BCUT2D eigenvalue weighted by Crippen LogP contribution is -3.00. The number of unbranched alkanes of at least 4 members (excludes halogenated alkanes) is 7. The number of rotatable bonds is 11. The van der Waals surface area contributed by atoms with E-state index in [1.807, 2.05) is 0 Å². The number of hydrogen-bond donors (Lipinski definition) is 0. The Bertz CT molecular complexity index is 338. The van der Waals surface area contributed by atoms with Crippen LogP contribution in [-0.2, 0) is 4.74 Å². The fourth-order valence-electron chi connectivity index (χ4n) is 3.54. The molecule has 25 heavy (non-hydrogen) atoms. The Morgan fingerprint density at radius 3 is 1.88 bits per heavy atom. The van der Waals surface area contributed by atoms with Crippen LogP contribution in [0.5, 0.6) is 0 Å². The van der Waals surface area contributed by atoms with Crippen LogP contribution in [0, 0.1) is 0 Å². The van der Waals surface area contributed by atoms with Gasteiger partial charge in [-0.25, -0.2) is 0 Å². The predicted molar refractivity (Wildman–Crippen MR) is 104 cm³/mol. The van der Waals surface area contributed by atoms with Gasteiger partial charge in [0.2, 0.25) is 0 Å². The zero-order valence-electron chi connectivity index (χ0n) is 17.2. The van der Waals surface area contributed by atoms with Gasteiger partial charge >= 0.3 is 5.96 Å². The lowest BCUT2D eigenvalue weighted by molar-refractivity contribution is -0.558. The van der Waals surface area contributed by atoms with Crippen LogP contribution in [-0.4, -0.2) is 73.3 Å². The molecular weight excluding hydrogens is 425 g/mol. The second-order valence-electron chi connectivity index (χ2n) is 6.97. The highest BCUT2D eigenvalue weighted by Crippen LogP contribution is 2.09. The molecule has 1 rings (SSSR count). The second-order valence-corrected chi connectivity index (χ2v) is 6.97. The number of halogens is 1. The number of hydrogen-bond acceptors (Lipinski definition) is 1. The van der Waals surface area contributed by atoms with Crippen molar-refractivity contribution in [1.82, 2.24) is 9.80 Å². The predicted octanol–water partition coefficient (Wildman–Crippen LogP) is 0.803. The van der Waals surface area contributed by atoms with Crippen LogP contribution in [0.1, 0.15) is 72.1 Å². The molecule has 1 heterocycles. The summed E-state index contributed by atoms with van der Waals surface area (Å²) in [6, 6.07) is 0. The van der Waals surface area contributed by atoms with Crippen LogP contribution in [0.2, 0.25) is 0 Å². The SMILES string of the molecule is CCCCCCCCCCN(C)C(N(CC)CC)=[N+]1CCOCC1.[I-]. The van der Waals surface area contributed by atoms with E-state index in [2.05, 4.69) is 42.2 Å². The van der Waals surface area contributed by atoms with E-state index < -0.39 is 0 Å². The van der Waals surface area contributed by atoms with E-state index in [1.54, 1.807) is 0 Å². The van der Waals surface area contributed by atoms with E-state index in [0.29, 0.717) is 0 Å². The van der Waals surface area contributed by atoms with E-state index in [9.17, 15) is 0 Å². The minimum atomic E-state index is 0. The molecule has 0 N–H and O–H groups in total. The van der Waals surface area contributed by atoms with Crippen molar-refractivity contribution < 1.29 is 33.3 Å². The Kier molecular flexibility index (Phi) is 16.1. The summed E-state index contributed by atoms with van der Waals surface area (Å²) in [5.41, 5.74) is 0.